The zero-order valence-electron chi connectivity index (χ0n) is 18.6. The van der Waals surface area contributed by atoms with Crippen molar-refractivity contribution in [1.82, 2.24) is 14.7 Å². The fourth-order valence-electron chi connectivity index (χ4n) is 4.22. The van der Waals surface area contributed by atoms with Gasteiger partial charge in [-0.25, -0.2) is 4.39 Å². The lowest BCUT2D eigenvalue weighted by atomic mass is 10.2. The van der Waals surface area contributed by atoms with Gasteiger partial charge in [0.05, 0.1) is 24.2 Å². The molecule has 1 fully saturated rings. The van der Waals surface area contributed by atoms with Gasteiger partial charge in [0.15, 0.2) is 0 Å². The second-order valence-corrected chi connectivity index (χ2v) is 9.21. The number of aryl methyl sites for hydroxylation is 1. The Morgan fingerprint density at radius 3 is 2.58 bits per heavy atom. The minimum atomic E-state index is -0.254. The van der Waals surface area contributed by atoms with Crippen LogP contribution in [0.25, 0.3) is 10.2 Å². The highest BCUT2D eigenvalue weighted by atomic mass is 32.1. The van der Waals surface area contributed by atoms with Crippen molar-refractivity contribution in [3.05, 3.63) is 76.5 Å². The fourth-order valence-corrected chi connectivity index (χ4v) is 5.35. The van der Waals surface area contributed by atoms with E-state index in [1.165, 1.54) is 23.5 Å². The zero-order valence-corrected chi connectivity index (χ0v) is 19.4. The summed E-state index contributed by atoms with van der Waals surface area (Å²) in [6.45, 7) is 5.40. The Labute approximate surface area is 195 Å². The number of methoxy groups -OCH3 is 1. The van der Waals surface area contributed by atoms with Gasteiger partial charge in [-0.1, -0.05) is 18.2 Å². The second-order valence-electron chi connectivity index (χ2n) is 8.18. The van der Waals surface area contributed by atoms with Crippen molar-refractivity contribution < 1.29 is 13.9 Å². The largest absolute Gasteiger partial charge is 0.497 e. The van der Waals surface area contributed by atoms with Gasteiger partial charge in [-0.15, -0.1) is 11.3 Å². The topological polar surface area (TPSA) is 50.6 Å². The number of aromatic nitrogens is 2. The first-order chi connectivity index (χ1) is 16.0. The Morgan fingerprint density at radius 2 is 1.85 bits per heavy atom. The van der Waals surface area contributed by atoms with E-state index in [2.05, 4.69) is 16.1 Å². The molecule has 5 rings (SSSR count). The number of halogens is 1. The van der Waals surface area contributed by atoms with Crippen molar-refractivity contribution in [3.8, 4) is 5.75 Å². The lowest BCUT2D eigenvalue weighted by Crippen LogP contribution is -2.48. The third-order valence-corrected chi connectivity index (χ3v) is 7.19. The molecule has 4 aromatic rings. The molecule has 0 radical (unpaired) electrons. The van der Waals surface area contributed by atoms with Crippen molar-refractivity contribution in [2.24, 2.45) is 0 Å². The summed E-state index contributed by atoms with van der Waals surface area (Å²) in [4.78, 5) is 19.2. The molecule has 170 valence electrons. The van der Waals surface area contributed by atoms with Crippen LogP contribution in [0.5, 0.6) is 5.75 Å². The molecule has 1 aliphatic heterocycles. The van der Waals surface area contributed by atoms with E-state index in [4.69, 9.17) is 4.74 Å². The molecule has 0 saturated carbocycles. The maximum atomic E-state index is 13.3. The number of thiophene rings is 1. The molecule has 0 atom stereocenters. The van der Waals surface area contributed by atoms with Crippen LogP contribution in [0, 0.1) is 12.7 Å². The van der Waals surface area contributed by atoms with Crippen LogP contribution in [-0.2, 0) is 6.54 Å². The second kappa shape index (κ2) is 8.86. The maximum absolute atomic E-state index is 13.3. The summed E-state index contributed by atoms with van der Waals surface area (Å²) < 4.78 is 20.5. The molecular weight excluding hydrogens is 439 g/mol. The van der Waals surface area contributed by atoms with Gasteiger partial charge in [-0.3, -0.25) is 9.48 Å². The molecule has 1 amide bonds. The predicted octanol–water partition coefficient (Wildman–Crippen LogP) is 4.56. The number of piperazine rings is 1. The van der Waals surface area contributed by atoms with E-state index in [0.29, 0.717) is 19.6 Å². The summed E-state index contributed by atoms with van der Waals surface area (Å²) in [7, 11) is 1.67. The van der Waals surface area contributed by atoms with Gasteiger partial charge in [0, 0.05) is 43.3 Å². The van der Waals surface area contributed by atoms with Crippen LogP contribution in [-0.4, -0.2) is 53.9 Å². The van der Waals surface area contributed by atoms with Crippen LogP contribution in [0.1, 0.15) is 20.9 Å². The first kappa shape index (κ1) is 21.5. The Balaban J connectivity index is 1.30. The molecule has 1 saturated heterocycles. The SMILES string of the molecule is COc1cccc(N2CCN(C(=O)c3cc4c(C)nn(Cc5ccc(F)cc5)c4s3)CC2)c1. The molecule has 8 heteroatoms. The number of carbonyl (C=O) groups is 1. The number of carbonyl (C=O) groups excluding carboxylic acids is 1. The minimum Gasteiger partial charge on any atom is -0.497 e. The van der Waals surface area contributed by atoms with Gasteiger partial charge in [0.1, 0.15) is 16.4 Å². The Morgan fingerprint density at radius 1 is 1.09 bits per heavy atom. The summed E-state index contributed by atoms with van der Waals surface area (Å²) in [5.74, 6) is 0.645. The Hall–Kier alpha value is -3.39. The highest BCUT2D eigenvalue weighted by Crippen LogP contribution is 2.30. The highest BCUT2D eigenvalue weighted by molar-refractivity contribution is 7.20. The standard InChI is InChI=1S/C25H25FN4O2S/c1-17-22-15-23(33-25(22)30(27-17)16-18-6-8-19(26)9-7-18)24(31)29-12-10-28(11-13-29)20-4-3-5-21(14-20)32-2/h3-9,14-15H,10-13,16H2,1-2H3. The molecule has 2 aromatic carbocycles. The molecule has 0 unspecified atom stereocenters. The van der Waals surface area contributed by atoms with E-state index in [0.717, 1.165) is 50.9 Å². The van der Waals surface area contributed by atoms with Crippen molar-refractivity contribution >= 4 is 33.1 Å². The van der Waals surface area contributed by atoms with Crippen LogP contribution in [0.3, 0.4) is 0 Å². The van der Waals surface area contributed by atoms with Crippen LogP contribution >= 0.6 is 11.3 Å². The maximum Gasteiger partial charge on any atom is 0.264 e. The van der Waals surface area contributed by atoms with Crippen LogP contribution < -0.4 is 9.64 Å². The van der Waals surface area contributed by atoms with Gasteiger partial charge in [0.2, 0.25) is 0 Å². The van der Waals surface area contributed by atoms with Crippen LogP contribution in [0.2, 0.25) is 0 Å². The van der Waals surface area contributed by atoms with Crippen molar-refractivity contribution in [2.45, 2.75) is 13.5 Å². The number of hydrogen-bond acceptors (Lipinski definition) is 5. The number of benzene rings is 2. The lowest BCUT2D eigenvalue weighted by Gasteiger charge is -2.36. The Kier molecular flexibility index (Phi) is 5.76. The number of hydrogen-bond donors (Lipinski definition) is 0. The number of ether oxygens (including phenoxy) is 1. The van der Waals surface area contributed by atoms with E-state index >= 15 is 0 Å². The molecule has 1 aliphatic rings. The number of amides is 1. The summed E-state index contributed by atoms with van der Waals surface area (Å²) >= 11 is 1.48. The average Bonchev–Trinajstić information content (AvgIpc) is 3.41. The van der Waals surface area contributed by atoms with Crippen molar-refractivity contribution in [2.75, 3.05) is 38.2 Å². The Bertz CT molecular complexity index is 1290. The molecule has 0 bridgehead atoms. The van der Waals surface area contributed by atoms with Crippen LogP contribution in [0.4, 0.5) is 10.1 Å². The van der Waals surface area contributed by atoms with Gasteiger partial charge in [0.25, 0.3) is 5.91 Å². The zero-order chi connectivity index (χ0) is 22.9. The van der Waals surface area contributed by atoms with Gasteiger partial charge >= 0.3 is 0 Å². The number of rotatable bonds is 5. The van der Waals surface area contributed by atoms with E-state index in [9.17, 15) is 9.18 Å². The molecular formula is C25H25FN4O2S. The van der Waals surface area contributed by atoms with E-state index in [1.54, 1.807) is 19.2 Å². The summed E-state index contributed by atoms with van der Waals surface area (Å²) in [5.41, 5.74) is 2.97. The molecule has 0 spiro atoms. The van der Waals surface area contributed by atoms with Crippen molar-refractivity contribution in [1.29, 1.82) is 0 Å². The third kappa shape index (κ3) is 4.30. The third-order valence-electron chi connectivity index (χ3n) is 6.05. The smallest absolute Gasteiger partial charge is 0.264 e. The van der Waals surface area contributed by atoms with Crippen molar-refractivity contribution in [3.63, 3.8) is 0 Å². The fraction of sp³-hybridized carbons (Fsp3) is 0.280. The average molecular weight is 465 g/mol. The van der Waals surface area contributed by atoms with Gasteiger partial charge < -0.3 is 14.5 Å². The summed E-state index contributed by atoms with van der Waals surface area (Å²) in [6.07, 6.45) is 0. The predicted molar refractivity (Wildman–Crippen MR) is 129 cm³/mol. The normalized spacial score (nSPS) is 14.2. The minimum absolute atomic E-state index is 0.0641. The van der Waals surface area contributed by atoms with Gasteiger partial charge in [-0.05, 0) is 42.8 Å². The quantitative estimate of drug-likeness (QED) is 0.434. The molecule has 3 heterocycles. The molecule has 33 heavy (non-hydrogen) atoms. The monoisotopic (exact) mass is 464 g/mol. The van der Waals surface area contributed by atoms with E-state index in [1.807, 2.05) is 40.8 Å². The highest BCUT2D eigenvalue weighted by Gasteiger charge is 2.25. The first-order valence-corrected chi connectivity index (χ1v) is 11.7. The van der Waals surface area contributed by atoms with E-state index in [-0.39, 0.29) is 11.7 Å². The lowest BCUT2D eigenvalue weighted by molar-refractivity contribution is 0.0751. The first-order valence-electron chi connectivity index (χ1n) is 10.9. The van der Waals surface area contributed by atoms with E-state index < -0.39 is 0 Å². The summed E-state index contributed by atoms with van der Waals surface area (Å²) in [5, 5.41) is 5.63. The molecule has 0 aliphatic carbocycles. The molecule has 0 N–H and O–H groups in total. The van der Waals surface area contributed by atoms with Crippen LogP contribution in [0.15, 0.2) is 54.6 Å². The molecule has 6 nitrogen and oxygen atoms in total. The summed E-state index contributed by atoms with van der Waals surface area (Å²) in [6, 6.07) is 16.4. The molecule has 2 aromatic heterocycles. The number of nitrogens with zero attached hydrogens (tertiary/aromatic N) is 4. The van der Waals surface area contributed by atoms with Gasteiger partial charge in [-0.2, -0.15) is 5.10 Å². The number of anilines is 1. The number of fused-ring (bicyclic) bond motifs is 1.